The number of pyridine rings is 1. The molecule has 128 valence electrons. The van der Waals surface area contributed by atoms with E-state index in [4.69, 9.17) is 9.72 Å². The quantitative estimate of drug-likeness (QED) is 0.768. The highest BCUT2D eigenvalue weighted by Gasteiger charge is 2.17. The molecule has 1 aromatic heterocycles. The molecule has 0 bridgehead atoms. The second-order valence-corrected chi connectivity index (χ2v) is 7.09. The molecule has 2 heterocycles. The van der Waals surface area contributed by atoms with Crippen molar-refractivity contribution < 1.29 is 9.53 Å². The van der Waals surface area contributed by atoms with Crippen LogP contribution in [0.3, 0.4) is 0 Å². The van der Waals surface area contributed by atoms with Gasteiger partial charge < -0.3 is 9.64 Å². The zero-order valence-electron chi connectivity index (χ0n) is 14.4. The molecule has 4 nitrogen and oxygen atoms in total. The van der Waals surface area contributed by atoms with Crippen LogP contribution < -0.4 is 4.74 Å². The standard InChI is InChI=1S/C19H24N2O2S/c1-3-23-16-7-8-17-15(12-16)11-14(2)19(20-17)24-13-18(22)21-9-5-4-6-10-21/h7-8,11-12H,3-6,9-10,13H2,1-2H3. The topological polar surface area (TPSA) is 42.4 Å². The third kappa shape index (κ3) is 4.01. The van der Waals surface area contributed by atoms with Crippen LogP contribution in [0.4, 0.5) is 0 Å². The average Bonchev–Trinajstić information content (AvgIpc) is 2.60. The van der Waals surface area contributed by atoms with E-state index in [1.165, 1.54) is 6.42 Å². The highest BCUT2D eigenvalue weighted by Crippen LogP contribution is 2.27. The van der Waals surface area contributed by atoms with Gasteiger partial charge in [-0.1, -0.05) is 11.8 Å². The van der Waals surface area contributed by atoms with Crippen LogP contribution >= 0.6 is 11.8 Å². The lowest BCUT2D eigenvalue weighted by molar-refractivity contribution is -0.129. The minimum absolute atomic E-state index is 0.229. The second kappa shape index (κ2) is 7.88. The van der Waals surface area contributed by atoms with Gasteiger partial charge in [0.1, 0.15) is 10.8 Å². The molecule has 1 aliphatic rings. The molecular formula is C19H24N2O2S. The molecule has 24 heavy (non-hydrogen) atoms. The summed E-state index contributed by atoms with van der Waals surface area (Å²) in [6.07, 6.45) is 3.50. The molecule has 0 spiro atoms. The van der Waals surface area contributed by atoms with Gasteiger partial charge >= 0.3 is 0 Å². The van der Waals surface area contributed by atoms with Crippen LogP contribution in [-0.2, 0) is 4.79 Å². The summed E-state index contributed by atoms with van der Waals surface area (Å²) in [5.74, 6) is 1.57. The molecule has 0 saturated carbocycles. The minimum atomic E-state index is 0.229. The van der Waals surface area contributed by atoms with Crippen LogP contribution in [0.15, 0.2) is 29.3 Å². The van der Waals surface area contributed by atoms with Gasteiger partial charge in [0.25, 0.3) is 0 Å². The van der Waals surface area contributed by atoms with E-state index >= 15 is 0 Å². The van der Waals surface area contributed by atoms with Crippen molar-refractivity contribution in [3.63, 3.8) is 0 Å². The molecule has 0 aliphatic carbocycles. The Kier molecular flexibility index (Phi) is 5.61. The van der Waals surface area contributed by atoms with Crippen LogP contribution in [0.2, 0.25) is 0 Å². The first-order valence-corrected chi connectivity index (χ1v) is 9.60. The highest BCUT2D eigenvalue weighted by molar-refractivity contribution is 7.99. The Morgan fingerprint density at radius 1 is 1.25 bits per heavy atom. The normalized spacial score (nSPS) is 14.8. The van der Waals surface area contributed by atoms with Crippen molar-refractivity contribution in [3.8, 4) is 5.75 Å². The van der Waals surface area contributed by atoms with E-state index in [0.717, 1.165) is 53.2 Å². The third-order valence-electron chi connectivity index (χ3n) is 4.28. The molecule has 1 saturated heterocycles. The number of carbonyl (C=O) groups is 1. The van der Waals surface area contributed by atoms with E-state index in [2.05, 4.69) is 6.07 Å². The second-order valence-electron chi connectivity index (χ2n) is 6.13. The summed E-state index contributed by atoms with van der Waals surface area (Å²) in [6.45, 7) is 6.50. The summed E-state index contributed by atoms with van der Waals surface area (Å²) in [6, 6.07) is 8.07. The first kappa shape index (κ1) is 17.1. The lowest BCUT2D eigenvalue weighted by Gasteiger charge is -2.26. The summed E-state index contributed by atoms with van der Waals surface area (Å²) in [4.78, 5) is 19.0. The summed E-state index contributed by atoms with van der Waals surface area (Å²) >= 11 is 1.54. The number of benzene rings is 1. The number of piperidine rings is 1. The van der Waals surface area contributed by atoms with Crippen molar-refractivity contribution in [2.75, 3.05) is 25.4 Å². The number of amides is 1. The van der Waals surface area contributed by atoms with E-state index in [1.807, 2.05) is 36.9 Å². The van der Waals surface area contributed by atoms with E-state index in [1.54, 1.807) is 11.8 Å². The van der Waals surface area contributed by atoms with Crippen LogP contribution in [0.1, 0.15) is 31.7 Å². The number of aromatic nitrogens is 1. The first-order chi connectivity index (χ1) is 11.7. The van der Waals surface area contributed by atoms with Gasteiger partial charge in [0.2, 0.25) is 5.91 Å². The predicted octanol–water partition coefficient (Wildman–Crippen LogP) is 4.05. The number of hydrogen-bond acceptors (Lipinski definition) is 4. The molecule has 0 N–H and O–H groups in total. The molecule has 1 fully saturated rings. The summed E-state index contributed by atoms with van der Waals surface area (Å²) in [5.41, 5.74) is 2.05. The fourth-order valence-electron chi connectivity index (χ4n) is 3.01. The monoisotopic (exact) mass is 344 g/mol. The number of carbonyl (C=O) groups excluding carboxylic acids is 1. The third-order valence-corrected chi connectivity index (χ3v) is 5.36. The van der Waals surface area contributed by atoms with Crippen molar-refractivity contribution in [1.82, 2.24) is 9.88 Å². The van der Waals surface area contributed by atoms with E-state index in [0.29, 0.717) is 12.4 Å². The molecule has 1 aliphatic heterocycles. The Labute approximate surface area is 147 Å². The van der Waals surface area contributed by atoms with E-state index in [9.17, 15) is 4.79 Å². The van der Waals surface area contributed by atoms with Gasteiger partial charge in [-0.15, -0.1) is 0 Å². The number of hydrogen-bond donors (Lipinski definition) is 0. The van der Waals surface area contributed by atoms with Crippen LogP contribution in [0.25, 0.3) is 10.9 Å². The summed E-state index contributed by atoms with van der Waals surface area (Å²) < 4.78 is 5.55. The van der Waals surface area contributed by atoms with Gasteiger partial charge in [-0.2, -0.15) is 0 Å². The van der Waals surface area contributed by atoms with Crippen LogP contribution in [0, 0.1) is 6.92 Å². The Hall–Kier alpha value is -1.75. The Balaban J connectivity index is 1.71. The molecule has 1 amide bonds. The van der Waals surface area contributed by atoms with Gasteiger partial charge in [-0.25, -0.2) is 4.98 Å². The Morgan fingerprint density at radius 2 is 2.04 bits per heavy atom. The zero-order valence-corrected chi connectivity index (χ0v) is 15.2. The number of fused-ring (bicyclic) bond motifs is 1. The molecule has 5 heteroatoms. The van der Waals surface area contributed by atoms with Gasteiger partial charge in [-0.05, 0) is 62.9 Å². The maximum atomic E-state index is 12.3. The fraction of sp³-hybridized carbons (Fsp3) is 0.474. The molecule has 0 radical (unpaired) electrons. The maximum absolute atomic E-state index is 12.3. The Bertz CT molecular complexity index is 727. The van der Waals surface area contributed by atoms with Crippen LogP contribution in [-0.4, -0.2) is 41.2 Å². The fourth-order valence-corrected chi connectivity index (χ4v) is 3.90. The zero-order chi connectivity index (χ0) is 16.9. The van der Waals surface area contributed by atoms with Crippen molar-refractivity contribution >= 4 is 28.6 Å². The number of aryl methyl sites for hydroxylation is 1. The van der Waals surface area contributed by atoms with Gasteiger partial charge in [0.15, 0.2) is 0 Å². The van der Waals surface area contributed by atoms with Crippen molar-refractivity contribution in [3.05, 3.63) is 29.8 Å². The highest BCUT2D eigenvalue weighted by atomic mass is 32.2. The van der Waals surface area contributed by atoms with Crippen molar-refractivity contribution in [2.24, 2.45) is 0 Å². The van der Waals surface area contributed by atoms with Crippen LogP contribution in [0.5, 0.6) is 5.75 Å². The molecule has 3 rings (SSSR count). The van der Waals surface area contributed by atoms with E-state index < -0.39 is 0 Å². The maximum Gasteiger partial charge on any atom is 0.232 e. The smallest absolute Gasteiger partial charge is 0.232 e. The number of thioether (sulfide) groups is 1. The van der Waals surface area contributed by atoms with Crippen molar-refractivity contribution in [2.45, 2.75) is 38.1 Å². The van der Waals surface area contributed by atoms with Gasteiger partial charge in [0.05, 0.1) is 17.9 Å². The SMILES string of the molecule is CCOc1ccc2nc(SCC(=O)N3CCCCC3)c(C)cc2c1. The minimum Gasteiger partial charge on any atom is -0.494 e. The number of likely N-dealkylation sites (tertiary alicyclic amines) is 1. The molecule has 1 aromatic carbocycles. The molecule has 0 atom stereocenters. The summed E-state index contributed by atoms with van der Waals surface area (Å²) in [5, 5.41) is 2.02. The molecule has 0 unspecified atom stereocenters. The Morgan fingerprint density at radius 3 is 2.79 bits per heavy atom. The number of nitrogens with zero attached hydrogens (tertiary/aromatic N) is 2. The predicted molar refractivity (Wildman–Crippen MR) is 98.8 cm³/mol. The number of rotatable bonds is 5. The largest absolute Gasteiger partial charge is 0.494 e. The molecule has 2 aromatic rings. The van der Waals surface area contributed by atoms with Gasteiger partial charge in [0, 0.05) is 18.5 Å². The summed E-state index contributed by atoms with van der Waals surface area (Å²) in [7, 11) is 0. The van der Waals surface area contributed by atoms with Crippen molar-refractivity contribution in [1.29, 1.82) is 0 Å². The first-order valence-electron chi connectivity index (χ1n) is 8.62. The number of ether oxygens (including phenoxy) is 1. The van der Waals surface area contributed by atoms with Gasteiger partial charge in [-0.3, -0.25) is 4.79 Å². The lowest BCUT2D eigenvalue weighted by Crippen LogP contribution is -2.36. The molecular weight excluding hydrogens is 320 g/mol. The van der Waals surface area contributed by atoms with E-state index in [-0.39, 0.29) is 5.91 Å². The average molecular weight is 344 g/mol. The lowest BCUT2D eigenvalue weighted by atomic mass is 10.1.